The van der Waals surface area contributed by atoms with Crippen molar-refractivity contribution in [3.8, 4) is 0 Å². The Balaban J connectivity index is 1.73. The smallest absolute Gasteiger partial charge is 0.269 e. The van der Waals surface area contributed by atoms with E-state index >= 15 is 0 Å². The maximum atomic E-state index is 12.6. The number of hydrogen-bond donors (Lipinski definition) is 0. The first-order valence-electron chi connectivity index (χ1n) is 8.83. The first-order chi connectivity index (χ1) is 13.4. The van der Waals surface area contributed by atoms with E-state index in [1.54, 1.807) is 47.0 Å². The van der Waals surface area contributed by atoms with Crippen molar-refractivity contribution in [1.82, 2.24) is 14.7 Å². The summed E-state index contributed by atoms with van der Waals surface area (Å²) < 4.78 is 1.64. The van der Waals surface area contributed by atoms with Crippen LogP contribution in [0.25, 0.3) is 10.9 Å². The van der Waals surface area contributed by atoms with Gasteiger partial charge in [-0.3, -0.25) is 24.4 Å². The second-order valence-corrected chi connectivity index (χ2v) is 6.53. The number of carbonyl (C=O) groups is 1. The van der Waals surface area contributed by atoms with Crippen LogP contribution in [-0.4, -0.2) is 32.6 Å². The minimum atomic E-state index is -0.453. The molecule has 3 rings (SSSR count). The topological polar surface area (TPSA) is 98.3 Å². The zero-order chi connectivity index (χ0) is 20.3. The Morgan fingerprint density at radius 3 is 2.75 bits per heavy atom. The summed E-state index contributed by atoms with van der Waals surface area (Å²) >= 11 is 0. The number of amides is 1. The number of benzene rings is 2. The monoisotopic (exact) mass is 380 g/mol. The molecule has 0 aliphatic carbocycles. The highest BCUT2D eigenvalue weighted by Crippen LogP contribution is 2.23. The van der Waals surface area contributed by atoms with Gasteiger partial charge in [-0.1, -0.05) is 24.3 Å². The summed E-state index contributed by atoms with van der Waals surface area (Å²) in [5.41, 5.74) is 1.21. The maximum Gasteiger partial charge on any atom is 0.269 e. The third kappa shape index (κ3) is 3.90. The van der Waals surface area contributed by atoms with E-state index in [1.165, 1.54) is 18.3 Å². The summed E-state index contributed by atoms with van der Waals surface area (Å²) in [6.07, 6.45) is 1.44. The SMILES string of the molecule is CC(c1cccc([N+](=O)[O-])c1)N(C)C(=O)CCn1ncc(=O)c2ccccc21. The predicted molar refractivity (Wildman–Crippen MR) is 105 cm³/mol. The number of nitro groups is 1. The summed E-state index contributed by atoms with van der Waals surface area (Å²) in [5, 5.41) is 15.7. The predicted octanol–water partition coefficient (Wildman–Crippen LogP) is 2.91. The number of non-ortho nitro benzene ring substituents is 1. The lowest BCUT2D eigenvalue weighted by Gasteiger charge is -2.25. The van der Waals surface area contributed by atoms with Crippen LogP contribution in [0.2, 0.25) is 0 Å². The molecule has 8 nitrogen and oxygen atoms in total. The van der Waals surface area contributed by atoms with Gasteiger partial charge in [-0.2, -0.15) is 5.10 Å². The van der Waals surface area contributed by atoms with E-state index in [0.29, 0.717) is 23.0 Å². The Morgan fingerprint density at radius 1 is 1.25 bits per heavy atom. The van der Waals surface area contributed by atoms with Crippen LogP contribution in [0, 0.1) is 10.1 Å². The van der Waals surface area contributed by atoms with Gasteiger partial charge in [0.15, 0.2) is 0 Å². The highest BCUT2D eigenvalue weighted by atomic mass is 16.6. The van der Waals surface area contributed by atoms with Crippen LogP contribution in [0.4, 0.5) is 5.69 Å². The fourth-order valence-corrected chi connectivity index (χ4v) is 3.05. The summed E-state index contributed by atoms with van der Waals surface area (Å²) in [5.74, 6) is -0.122. The number of carbonyl (C=O) groups excluding carboxylic acids is 1. The molecule has 0 bridgehead atoms. The van der Waals surface area contributed by atoms with Crippen molar-refractivity contribution < 1.29 is 9.72 Å². The van der Waals surface area contributed by atoms with Crippen molar-refractivity contribution in [3.05, 3.63) is 80.6 Å². The van der Waals surface area contributed by atoms with Gasteiger partial charge in [0.2, 0.25) is 11.3 Å². The molecule has 0 saturated heterocycles. The fourth-order valence-electron chi connectivity index (χ4n) is 3.05. The van der Waals surface area contributed by atoms with Gasteiger partial charge < -0.3 is 4.90 Å². The van der Waals surface area contributed by atoms with E-state index in [-0.39, 0.29) is 29.5 Å². The number of para-hydroxylation sites is 1. The summed E-state index contributed by atoms with van der Waals surface area (Å²) in [4.78, 5) is 36.6. The van der Waals surface area contributed by atoms with Crippen LogP contribution >= 0.6 is 0 Å². The second kappa shape index (κ2) is 7.99. The van der Waals surface area contributed by atoms with Gasteiger partial charge in [0.05, 0.1) is 29.2 Å². The van der Waals surface area contributed by atoms with E-state index < -0.39 is 4.92 Å². The normalized spacial score (nSPS) is 11.9. The van der Waals surface area contributed by atoms with Crippen molar-refractivity contribution in [1.29, 1.82) is 0 Å². The van der Waals surface area contributed by atoms with E-state index in [0.717, 1.165) is 0 Å². The number of rotatable bonds is 6. The molecule has 1 atom stereocenters. The zero-order valence-corrected chi connectivity index (χ0v) is 15.6. The van der Waals surface area contributed by atoms with E-state index in [4.69, 9.17) is 0 Å². The maximum absolute atomic E-state index is 12.6. The molecule has 144 valence electrons. The molecule has 0 spiro atoms. The molecule has 0 radical (unpaired) electrons. The molecule has 0 aliphatic rings. The molecule has 1 aromatic heterocycles. The van der Waals surface area contributed by atoms with Gasteiger partial charge in [-0.05, 0) is 24.6 Å². The minimum absolute atomic E-state index is 0.00544. The van der Waals surface area contributed by atoms with Crippen molar-refractivity contribution >= 4 is 22.5 Å². The lowest BCUT2D eigenvalue weighted by molar-refractivity contribution is -0.384. The largest absolute Gasteiger partial charge is 0.339 e. The van der Waals surface area contributed by atoms with Crippen LogP contribution < -0.4 is 5.43 Å². The minimum Gasteiger partial charge on any atom is -0.339 e. The number of fused-ring (bicyclic) bond motifs is 1. The molecule has 8 heteroatoms. The average molecular weight is 380 g/mol. The first kappa shape index (κ1) is 19.2. The van der Waals surface area contributed by atoms with Crippen LogP contribution in [0.5, 0.6) is 0 Å². The van der Waals surface area contributed by atoms with Gasteiger partial charge in [0.25, 0.3) is 5.69 Å². The summed E-state index contributed by atoms with van der Waals surface area (Å²) in [7, 11) is 1.67. The molecule has 0 fully saturated rings. The number of aromatic nitrogens is 2. The third-order valence-corrected chi connectivity index (χ3v) is 4.84. The van der Waals surface area contributed by atoms with Crippen LogP contribution in [-0.2, 0) is 11.3 Å². The number of nitro benzene ring substituents is 1. The van der Waals surface area contributed by atoms with Crippen molar-refractivity contribution in [3.63, 3.8) is 0 Å². The number of hydrogen-bond acceptors (Lipinski definition) is 5. The molecule has 1 unspecified atom stereocenters. The van der Waals surface area contributed by atoms with Crippen LogP contribution in [0.3, 0.4) is 0 Å². The molecule has 1 heterocycles. The molecule has 0 saturated carbocycles. The molecule has 2 aromatic carbocycles. The quantitative estimate of drug-likeness (QED) is 0.484. The van der Waals surface area contributed by atoms with Crippen molar-refractivity contribution in [2.75, 3.05) is 7.05 Å². The summed E-state index contributed by atoms with van der Waals surface area (Å²) in [6, 6.07) is 13.1. The average Bonchev–Trinajstić information content (AvgIpc) is 2.72. The van der Waals surface area contributed by atoms with Crippen molar-refractivity contribution in [2.24, 2.45) is 0 Å². The van der Waals surface area contributed by atoms with Crippen LogP contribution in [0.15, 0.2) is 59.5 Å². The molecule has 0 aliphatic heterocycles. The van der Waals surface area contributed by atoms with Gasteiger partial charge in [0.1, 0.15) is 0 Å². The van der Waals surface area contributed by atoms with Crippen LogP contribution in [0.1, 0.15) is 24.9 Å². The second-order valence-electron chi connectivity index (χ2n) is 6.53. The fraction of sp³-hybridized carbons (Fsp3) is 0.250. The standard InChI is InChI=1S/C20H20N4O4/c1-14(15-6-5-7-16(12-15)24(27)28)22(2)20(26)10-11-23-18-9-4-3-8-17(18)19(25)13-21-23/h3-9,12-14H,10-11H2,1-2H3. The van der Waals surface area contributed by atoms with E-state index in [1.807, 2.05) is 13.0 Å². The zero-order valence-electron chi connectivity index (χ0n) is 15.6. The Hall–Kier alpha value is -3.55. The van der Waals surface area contributed by atoms with Gasteiger partial charge in [-0.25, -0.2) is 0 Å². The molecular formula is C20H20N4O4. The molecule has 1 amide bonds. The number of nitrogens with zero attached hydrogens (tertiary/aromatic N) is 4. The Morgan fingerprint density at radius 2 is 2.00 bits per heavy atom. The first-order valence-corrected chi connectivity index (χ1v) is 8.83. The molecule has 28 heavy (non-hydrogen) atoms. The van der Waals surface area contributed by atoms with E-state index in [9.17, 15) is 19.7 Å². The lowest BCUT2D eigenvalue weighted by Crippen LogP contribution is -2.30. The Labute approximate surface area is 161 Å². The number of aryl methyl sites for hydroxylation is 1. The highest BCUT2D eigenvalue weighted by molar-refractivity contribution is 5.79. The van der Waals surface area contributed by atoms with Gasteiger partial charge >= 0.3 is 0 Å². The molecule has 3 aromatic rings. The Kier molecular flexibility index (Phi) is 5.49. The van der Waals surface area contributed by atoms with Gasteiger partial charge in [-0.15, -0.1) is 0 Å². The third-order valence-electron chi connectivity index (χ3n) is 4.84. The Bertz CT molecular complexity index is 1090. The highest BCUT2D eigenvalue weighted by Gasteiger charge is 2.19. The lowest BCUT2D eigenvalue weighted by atomic mass is 10.1. The summed E-state index contributed by atoms with van der Waals surface area (Å²) in [6.45, 7) is 2.15. The molecule has 0 N–H and O–H groups in total. The molecular weight excluding hydrogens is 360 g/mol. The van der Waals surface area contributed by atoms with E-state index in [2.05, 4.69) is 5.10 Å². The van der Waals surface area contributed by atoms with Gasteiger partial charge in [0, 0.05) is 31.0 Å². The van der Waals surface area contributed by atoms with Crippen molar-refractivity contribution in [2.45, 2.75) is 25.9 Å².